The van der Waals surface area contributed by atoms with E-state index in [1.54, 1.807) is 14.0 Å². The van der Waals surface area contributed by atoms with Crippen molar-refractivity contribution >= 4 is 23.4 Å². The van der Waals surface area contributed by atoms with Crippen LogP contribution in [0.15, 0.2) is 41.1 Å². The van der Waals surface area contributed by atoms with Crippen LogP contribution >= 0.6 is 0 Å². The first-order chi connectivity index (χ1) is 14.5. The predicted molar refractivity (Wildman–Crippen MR) is 112 cm³/mol. The Morgan fingerprint density at radius 3 is 2.47 bits per heavy atom. The van der Waals surface area contributed by atoms with Crippen LogP contribution in [0.2, 0.25) is 0 Å². The number of ether oxygens (including phenoxy) is 1. The Morgan fingerprint density at radius 1 is 1.10 bits per heavy atom. The molecule has 30 heavy (non-hydrogen) atoms. The van der Waals surface area contributed by atoms with Gasteiger partial charge < -0.3 is 24.4 Å². The van der Waals surface area contributed by atoms with E-state index in [1.165, 1.54) is 6.20 Å². The number of hydrogen-bond acceptors (Lipinski definition) is 8. The molecule has 2 aromatic heterocycles. The molecule has 0 spiro atoms. The molecule has 0 radical (unpaired) electrons. The van der Waals surface area contributed by atoms with E-state index in [0.717, 1.165) is 22.9 Å². The van der Waals surface area contributed by atoms with Gasteiger partial charge in [0, 0.05) is 43.6 Å². The Balaban J connectivity index is 1.43. The third-order valence-corrected chi connectivity index (χ3v) is 5.04. The van der Waals surface area contributed by atoms with E-state index in [9.17, 15) is 4.79 Å². The fourth-order valence-electron chi connectivity index (χ4n) is 3.36. The van der Waals surface area contributed by atoms with Gasteiger partial charge in [0.15, 0.2) is 0 Å². The van der Waals surface area contributed by atoms with Crippen LogP contribution in [0.5, 0.6) is 5.75 Å². The Labute approximate surface area is 174 Å². The summed E-state index contributed by atoms with van der Waals surface area (Å²) in [6.45, 7) is 6.17. The van der Waals surface area contributed by atoms with Gasteiger partial charge in [0.25, 0.3) is 5.91 Å². The number of carbonyl (C=O) groups is 1. The maximum absolute atomic E-state index is 12.6. The number of piperazine rings is 1. The van der Waals surface area contributed by atoms with Crippen molar-refractivity contribution in [3.8, 4) is 5.75 Å². The first-order valence-corrected chi connectivity index (χ1v) is 9.76. The van der Waals surface area contributed by atoms with Crippen molar-refractivity contribution in [3.05, 3.63) is 53.5 Å². The molecule has 3 aromatic rings. The minimum absolute atomic E-state index is 0.0552. The summed E-state index contributed by atoms with van der Waals surface area (Å²) < 4.78 is 10.2. The van der Waals surface area contributed by atoms with Gasteiger partial charge in [-0.2, -0.15) is 4.98 Å². The smallest absolute Gasteiger partial charge is 0.259 e. The average molecular weight is 408 g/mol. The van der Waals surface area contributed by atoms with Crippen LogP contribution < -0.4 is 15.0 Å². The second kappa shape index (κ2) is 8.40. The van der Waals surface area contributed by atoms with E-state index in [1.807, 2.05) is 42.2 Å². The van der Waals surface area contributed by atoms with Crippen molar-refractivity contribution in [2.75, 3.05) is 43.5 Å². The van der Waals surface area contributed by atoms with E-state index in [0.29, 0.717) is 43.5 Å². The maximum Gasteiger partial charge on any atom is 0.259 e. The third-order valence-electron chi connectivity index (χ3n) is 5.04. The molecule has 1 aliphatic heterocycles. The van der Waals surface area contributed by atoms with Crippen LogP contribution in [0, 0.1) is 13.8 Å². The van der Waals surface area contributed by atoms with Gasteiger partial charge in [0.05, 0.1) is 13.3 Å². The van der Waals surface area contributed by atoms with Crippen LogP contribution in [0.1, 0.15) is 21.8 Å². The highest BCUT2D eigenvalue weighted by Gasteiger charge is 2.26. The van der Waals surface area contributed by atoms with Gasteiger partial charge >= 0.3 is 0 Å². The van der Waals surface area contributed by atoms with Gasteiger partial charge in [-0.1, -0.05) is 5.16 Å². The number of amides is 1. The summed E-state index contributed by atoms with van der Waals surface area (Å²) in [7, 11) is 1.64. The number of methoxy groups -OCH3 is 1. The lowest BCUT2D eigenvalue weighted by molar-refractivity contribution is 0.0744. The summed E-state index contributed by atoms with van der Waals surface area (Å²) in [4.78, 5) is 25.8. The van der Waals surface area contributed by atoms with E-state index in [4.69, 9.17) is 9.26 Å². The summed E-state index contributed by atoms with van der Waals surface area (Å²) in [5, 5.41) is 7.01. The van der Waals surface area contributed by atoms with Crippen LogP contribution in [0.3, 0.4) is 0 Å². The van der Waals surface area contributed by atoms with Gasteiger partial charge in [-0.15, -0.1) is 0 Å². The summed E-state index contributed by atoms with van der Waals surface area (Å²) >= 11 is 0. The number of carbonyl (C=O) groups excluding carboxylic acids is 1. The quantitative estimate of drug-likeness (QED) is 0.688. The van der Waals surface area contributed by atoms with Gasteiger partial charge in [0.2, 0.25) is 5.95 Å². The first kappa shape index (κ1) is 19.7. The SMILES string of the molecule is COc1ccc(Nc2cc(C)nc(N3CCN(C(=O)c4cnoc4C)CC3)n2)cc1. The first-order valence-electron chi connectivity index (χ1n) is 9.76. The lowest BCUT2D eigenvalue weighted by Crippen LogP contribution is -2.49. The Hall–Kier alpha value is -3.62. The van der Waals surface area contributed by atoms with Crippen molar-refractivity contribution in [3.63, 3.8) is 0 Å². The Kier molecular flexibility index (Phi) is 5.51. The van der Waals surface area contributed by atoms with Crippen molar-refractivity contribution in [2.45, 2.75) is 13.8 Å². The number of aryl methyl sites for hydroxylation is 2. The van der Waals surface area contributed by atoms with Crippen LogP contribution in [-0.2, 0) is 0 Å². The van der Waals surface area contributed by atoms with Gasteiger partial charge in [0.1, 0.15) is 22.9 Å². The van der Waals surface area contributed by atoms with E-state index < -0.39 is 0 Å². The molecule has 0 atom stereocenters. The van der Waals surface area contributed by atoms with Crippen LogP contribution in [0.25, 0.3) is 0 Å². The monoisotopic (exact) mass is 408 g/mol. The fraction of sp³-hybridized carbons (Fsp3) is 0.333. The molecule has 1 aliphatic rings. The molecule has 9 heteroatoms. The summed E-state index contributed by atoms with van der Waals surface area (Å²) in [5.41, 5.74) is 2.30. The Bertz CT molecular complexity index is 1030. The molecule has 1 amide bonds. The lowest BCUT2D eigenvalue weighted by atomic mass is 10.2. The fourth-order valence-corrected chi connectivity index (χ4v) is 3.36. The molecule has 4 rings (SSSR count). The number of nitrogens with one attached hydrogen (secondary N) is 1. The van der Waals surface area contributed by atoms with E-state index in [2.05, 4.69) is 25.3 Å². The molecule has 0 unspecified atom stereocenters. The number of benzene rings is 1. The molecular weight excluding hydrogens is 384 g/mol. The normalized spacial score (nSPS) is 14.0. The second-order valence-corrected chi connectivity index (χ2v) is 7.12. The average Bonchev–Trinajstić information content (AvgIpc) is 3.19. The van der Waals surface area contributed by atoms with Crippen molar-refractivity contribution < 1.29 is 14.1 Å². The summed E-state index contributed by atoms with van der Waals surface area (Å²) in [6, 6.07) is 9.57. The zero-order chi connectivity index (χ0) is 21.1. The minimum atomic E-state index is -0.0552. The zero-order valence-corrected chi connectivity index (χ0v) is 17.3. The standard InChI is InChI=1S/C21H24N6O3/c1-14-12-19(24-16-4-6-17(29-3)7-5-16)25-21(23-14)27-10-8-26(9-11-27)20(28)18-13-22-30-15(18)2/h4-7,12-13H,8-11H2,1-3H3,(H,23,24,25). The highest BCUT2D eigenvalue weighted by atomic mass is 16.5. The van der Waals surface area contributed by atoms with Gasteiger partial charge in [-0.05, 0) is 38.1 Å². The van der Waals surface area contributed by atoms with Crippen LogP contribution in [0.4, 0.5) is 17.5 Å². The zero-order valence-electron chi connectivity index (χ0n) is 17.3. The number of nitrogens with zero attached hydrogens (tertiary/aromatic N) is 5. The molecule has 0 aliphatic carbocycles. The van der Waals surface area contributed by atoms with Gasteiger partial charge in [-0.3, -0.25) is 4.79 Å². The van der Waals surface area contributed by atoms with Crippen molar-refractivity contribution in [1.82, 2.24) is 20.0 Å². The minimum Gasteiger partial charge on any atom is -0.497 e. The second-order valence-electron chi connectivity index (χ2n) is 7.12. The summed E-state index contributed by atoms with van der Waals surface area (Å²) in [5.74, 6) is 2.66. The molecule has 1 saturated heterocycles. The predicted octanol–water partition coefficient (Wildman–Crippen LogP) is 2.80. The summed E-state index contributed by atoms with van der Waals surface area (Å²) in [6.07, 6.45) is 1.48. The molecule has 1 aromatic carbocycles. The third kappa shape index (κ3) is 4.19. The van der Waals surface area contributed by atoms with Crippen LogP contribution in [-0.4, -0.2) is 59.2 Å². The highest BCUT2D eigenvalue weighted by molar-refractivity contribution is 5.94. The molecule has 3 heterocycles. The number of rotatable bonds is 5. The van der Waals surface area contributed by atoms with E-state index in [-0.39, 0.29) is 5.91 Å². The number of aromatic nitrogens is 3. The molecule has 0 bridgehead atoms. The molecule has 0 saturated carbocycles. The Morgan fingerprint density at radius 2 is 1.83 bits per heavy atom. The lowest BCUT2D eigenvalue weighted by Gasteiger charge is -2.34. The topological polar surface area (TPSA) is 96.6 Å². The largest absolute Gasteiger partial charge is 0.497 e. The number of anilines is 3. The van der Waals surface area contributed by atoms with Gasteiger partial charge in [-0.25, -0.2) is 4.98 Å². The highest BCUT2D eigenvalue weighted by Crippen LogP contribution is 2.22. The molecule has 1 fully saturated rings. The van der Waals surface area contributed by atoms with E-state index >= 15 is 0 Å². The molecular formula is C21H24N6O3. The van der Waals surface area contributed by atoms with Crippen molar-refractivity contribution in [2.24, 2.45) is 0 Å². The molecule has 9 nitrogen and oxygen atoms in total. The molecule has 156 valence electrons. The number of hydrogen-bond donors (Lipinski definition) is 1. The molecule has 1 N–H and O–H groups in total. The maximum atomic E-state index is 12.6. The van der Waals surface area contributed by atoms with Crippen molar-refractivity contribution in [1.29, 1.82) is 0 Å².